The van der Waals surface area contributed by atoms with E-state index >= 15 is 0 Å². The van der Waals surface area contributed by atoms with Gasteiger partial charge in [0.05, 0.1) is 17.7 Å². The summed E-state index contributed by atoms with van der Waals surface area (Å²) >= 11 is 3.14. The van der Waals surface area contributed by atoms with Crippen LogP contribution in [0.3, 0.4) is 0 Å². The highest BCUT2D eigenvalue weighted by atomic mass is 79.9. The van der Waals surface area contributed by atoms with Crippen LogP contribution in [0.5, 0.6) is 0 Å². The van der Waals surface area contributed by atoms with Crippen molar-refractivity contribution in [1.82, 2.24) is 4.72 Å². The van der Waals surface area contributed by atoms with Gasteiger partial charge in [-0.1, -0.05) is 0 Å². The summed E-state index contributed by atoms with van der Waals surface area (Å²) in [5, 5.41) is 1.89. The fourth-order valence-corrected chi connectivity index (χ4v) is 3.35. The predicted molar refractivity (Wildman–Crippen MR) is 70.7 cm³/mol. The summed E-state index contributed by atoms with van der Waals surface area (Å²) in [4.78, 5) is 12.2. The molecule has 2 heterocycles. The Labute approximate surface area is 112 Å². The number of carbonyl (C=O) groups excluding carboxylic acids is 1. The van der Waals surface area contributed by atoms with Gasteiger partial charge in [-0.15, -0.1) is 11.3 Å². The highest BCUT2D eigenvalue weighted by Gasteiger charge is 2.19. The van der Waals surface area contributed by atoms with Gasteiger partial charge < -0.3 is 4.74 Å². The first-order valence-electron chi connectivity index (χ1n) is 4.42. The number of esters is 1. The van der Waals surface area contributed by atoms with Gasteiger partial charge in [0.15, 0.2) is 5.71 Å². The average molecular weight is 335 g/mol. The Kier molecular flexibility index (Phi) is 3.75. The number of nitrogens with one attached hydrogen (secondary N) is 1. The Morgan fingerprint density at radius 3 is 3.00 bits per heavy atom. The van der Waals surface area contributed by atoms with Crippen LogP contribution in [0.2, 0.25) is 0 Å². The predicted octanol–water partition coefficient (Wildman–Crippen LogP) is 1.65. The zero-order valence-corrected chi connectivity index (χ0v) is 11.8. The van der Waals surface area contributed by atoms with Gasteiger partial charge in [-0.05, 0) is 28.1 Å². The van der Waals surface area contributed by atoms with E-state index in [0.29, 0.717) is 5.70 Å². The summed E-state index contributed by atoms with van der Waals surface area (Å²) in [6, 6.07) is 1.86. The van der Waals surface area contributed by atoms with Crippen LogP contribution in [0.1, 0.15) is 4.88 Å². The lowest BCUT2D eigenvalue weighted by atomic mass is 10.2. The number of methoxy groups -OCH3 is 1. The lowest BCUT2D eigenvalue weighted by Gasteiger charge is -2.11. The summed E-state index contributed by atoms with van der Waals surface area (Å²) in [6.07, 6.45) is 1.52. The van der Waals surface area contributed by atoms with Gasteiger partial charge in [-0.25, -0.2) is 9.00 Å². The fraction of sp³-hybridized carbons (Fsp3) is 0.111. The Balaban J connectivity index is 2.36. The van der Waals surface area contributed by atoms with Crippen molar-refractivity contribution in [3.05, 3.63) is 26.9 Å². The summed E-state index contributed by atoms with van der Waals surface area (Å²) in [5.74, 6) is -0.604. The van der Waals surface area contributed by atoms with Crippen LogP contribution in [-0.2, 0) is 20.7 Å². The van der Waals surface area contributed by atoms with E-state index in [9.17, 15) is 9.00 Å². The van der Waals surface area contributed by atoms with Crippen molar-refractivity contribution < 1.29 is 13.7 Å². The van der Waals surface area contributed by atoms with E-state index in [4.69, 9.17) is 0 Å². The van der Waals surface area contributed by atoms with Crippen molar-refractivity contribution in [3.8, 4) is 0 Å². The third-order valence-electron chi connectivity index (χ3n) is 1.89. The molecule has 1 aromatic rings. The number of carbonyl (C=O) groups is 1. The van der Waals surface area contributed by atoms with Gasteiger partial charge in [-0.3, -0.25) is 4.72 Å². The molecular formula is C9H7BrN2O3S2. The maximum absolute atomic E-state index is 11.4. The zero-order chi connectivity index (χ0) is 12.4. The lowest BCUT2D eigenvalue weighted by Crippen LogP contribution is -2.25. The maximum atomic E-state index is 11.4. The second-order valence-electron chi connectivity index (χ2n) is 3.01. The second-order valence-corrected chi connectivity index (χ2v) is 5.72. The number of hydrogen-bond donors (Lipinski definition) is 1. The van der Waals surface area contributed by atoms with Crippen LogP contribution in [-0.4, -0.2) is 23.0 Å². The smallest absolute Gasteiger partial charge is 0.357 e. The van der Waals surface area contributed by atoms with Gasteiger partial charge in [0, 0.05) is 9.85 Å². The molecule has 0 saturated carbocycles. The van der Waals surface area contributed by atoms with Crippen LogP contribution in [0, 0.1) is 0 Å². The van der Waals surface area contributed by atoms with E-state index in [1.807, 2.05) is 11.4 Å². The molecule has 0 amide bonds. The average Bonchev–Trinajstić information content (AvgIpc) is 2.74. The first kappa shape index (κ1) is 12.5. The third kappa shape index (κ3) is 2.82. The van der Waals surface area contributed by atoms with E-state index < -0.39 is 17.1 Å². The number of nitrogens with zero attached hydrogens (tertiary/aromatic N) is 1. The molecule has 1 N–H and O–H groups in total. The summed E-state index contributed by atoms with van der Waals surface area (Å²) in [6.45, 7) is 0. The fourth-order valence-electron chi connectivity index (χ4n) is 1.18. The largest absolute Gasteiger partial charge is 0.464 e. The van der Waals surface area contributed by atoms with E-state index in [1.54, 1.807) is 0 Å². The molecule has 1 aromatic heterocycles. The van der Waals surface area contributed by atoms with E-state index in [1.165, 1.54) is 24.5 Å². The summed E-state index contributed by atoms with van der Waals surface area (Å²) in [5.41, 5.74) is 0.638. The molecule has 0 aliphatic carbocycles. The van der Waals surface area contributed by atoms with Crippen LogP contribution in [0.15, 0.2) is 26.4 Å². The van der Waals surface area contributed by atoms with E-state index in [2.05, 4.69) is 29.8 Å². The van der Waals surface area contributed by atoms with Crippen molar-refractivity contribution >= 4 is 55.8 Å². The van der Waals surface area contributed by atoms with Gasteiger partial charge >= 0.3 is 5.97 Å². The Morgan fingerprint density at radius 2 is 2.41 bits per heavy atom. The Morgan fingerprint density at radius 1 is 1.65 bits per heavy atom. The van der Waals surface area contributed by atoms with Crippen molar-refractivity contribution in [1.29, 1.82) is 0 Å². The topological polar surface area (TPSA) is 67.8 Å². The van der Waals surface area contributed by atoms with Crippen molar-refractivity contribution in [2.75, 3.05) is 7.11 Å². The van der Waals surface area contributed by atoms with Gasteiger partial charge in [0.25, 0.3) is 0 Å². The van der Waals surface area contributed by atoms with Crippen LogP contribution >= 0.6 is 27.3 Å². The second kappa shape index (κ2) is 5.11. The first-order chi connectivity index (χ1) is 8.10. The standard InChI is InChI=1S/C9H7BrN2O3S2/c1-15-9(13)7-3-6(11-17(14)12-7)8-2-5(10)4-16-8/h2-4,11H,1H3. The van der Waals surface area contributed by atoms with Gasteiger partial charge in [-0.2, -0.15) is 4.40 Å². The van der Waals surface area contributed by atoms with Crippen LogP contribution in [0.4, 0.5) is 0 Å². The Bertz CT molecular complexity index is 550. The molecule has 1 atom stereocenters. The van der Waals surface area contributed by atoms with Crippen molar-refractivity contribution in [2.45, 2.75) is 0 Å². The van der Waals surface area contributed by atoms with Gasteiger partial charge in [0.1, 0.15) is 0 Å². The summed E-state index contributed by atoms with van der Waals surface area (Å²) < 4.78 is 23.2. The number of hydrogen-bond acceptors (Lipinski definition) is 4. The molecule has 90 valence electrons. The molecule has 8 heteroatoms. The normalized spacial score (nSPS) is 19.1. The monoisotopic (exact) mass is 334 g/mol. The molecule has 0 saturated heterocycles. The molecule has 2 rings (SSSR count). The molecule has 1 unspecified atom stereocenters. The Hall–Kier alpha value is -0.990. The lowest BCUT2D eigenvalue weighted by molar-refractivity contribution is -0.132. The number of rotatable bonds is 2. The minimum atomic E-state index is -1.65. The number of halogens is 1. The molecule has 0 aromatic carbocycles. The maximum Gasteiger partial charge on any atom is 0.357 e. The zero-order valence-electron chi connectivity index (χ0n) is 8.60. The van der Waals surface area contributed by atoms with Crippen molar-refractivity contribution in [2.24, 2.45) is 4.40 Å². The van der Waals surface area contributed by atoms with Gasteiger partial charge in [0.2, 0.25) is 11.2 Å². The van der Waals surface area contributed by atoms with E-state index in [0.717, 1.165) is 9.35 Å². The molecule has 1 aliphatic rings. The molecule has 5 nitrogen and oxygen atoms in total. The molecular weight excluding hydrogens is 328 g/mol. The van der Waals surface area contributed by atoms with Crippen LogP contribution < -0.4 is 4.72 Å². The quantitative estimate of drug-likeness (QED) is 0.836. The number of thiophene rings is 1. The molecule has 0 radical (unpaired) electrons. The minimum absolute atomic E-state index is 0.0455. The first-order valence-corrected chi connectivity index (χ1v) is 7.20. The number of ether oxygens (including phenoxy) is 1. The SMILES string of the molecule is COC(=O)C1=NS(=O)NC(c2cc(Br)cs2)=C1. The molecule has 1 aliphatic heterocycles. The highest BCUT2D eigenvalue weighted by Crippen LogP contribution is 2.26. The highest BCUT2D eigenvalue weighted by molar-refractivity contribution is 9.10. The molecule has 0 bridgehead atoms. The summed E-state index contributed by atoms with van der Waals surface area (Å²) in [7, 11) is 1.26. The minimum Gasteiger partial charge on any atom is -0.464 e. The third-order valence-corrected chi connectivity index (χ3v) is 4.37. The van der Waals surface area contributed by atoms with Crippen LogP contribution in [0.25, 0.3) is 5.70 Å². The molecule has 0 fully saturated rings. The van der Waals surface area contributed by atoms with Crippen molar-refractivity contribution in [3.63, 3.8) is 0 Å². The van der Waals surface area contributed by atoms with E-state index in [-0.39, 0.29) is 5.71 Å². The molecule has 17 heavy (non-hydrogen) atoms. The molecule has 0 spiro atoms.